The molecule has 1 N–H and O–H groups in total. The summed E-state index contributed by atoms with van der Waals surface area (Å²) in [7, 11) is 0. The summed E-state index contributed by atoms with van der Waals surface area (Å²) in [5, 5.41) is 9.32. The van der Waals surface area contributed by atoms with Gasteiger partial charge in [-0.3, -0.25) is 0 Å². The fourth-order valence-corrected chi connectivity index (χ4v) is 1.97. The number of fused-ring (bicyclic) bond motifs is 1. The largest absolute Gasteiger partial charge is 0.388 e. The van der Waals surface area contributed by atoms with Gasteiger partial charge in [-0.15, -0.1) is 0 Å². The normalized spacial score (nSPS) is 11.6. The molecule has 0 bridgehead atoms. The molecule has 0 amide bonds. The zero-order valence-electron chi connectivity index (χ0n) is 10.1. The van der Waals surface area contributed by atoms with Crippen LogP contribution in [0.1, 0.15) is 25.2 Å². The minimum Gasteiger partial charge on any atom is -0.388 e. The monoisotopic (exact) mass is 218 g/mol. The molecular weight excluding hydrogens is 200 g/mol. The lowest BCUT2D eigenvalue weighted by Crippen LogP contribution is -2.08. The van der Waals surface area contributed by atoms with E-state index in [2.05, 4.69) is 42.5 Å². The lowest BCUT2D eigenvalue weighted by atomic mass is 10.2. The van der Waals surface area contributed by atoms with Gasteiger partial charge in [0.2, 0.25) is 0 Å². The van der Waals surface area contributed by atoms with Gasteiger partial charge in [0.25, 0.3) is 0 Å². The van der Waals surface area contributed by atoms with Crippen LogP contribution in [0.25, 0.3) is 11.0 Å². The summed E-state index contributed by atoms with van der Waals surface area (Å²) >= 11 is 0. The van der Waals surface area contributed by atoms with Gasteiger partial charge in [-0.25, -0.2) is 4.98 Å². The summed E-state index contributed by atoms with van der Waals surface area (Å²) in [5.74, 6) is 1.30. The molecule has 0 radical (unpaired) electrons. The van der Waals surface area contributed by atoms with Crippen LogP contribution in [0.3, 0.4) is 0 Å². The van der Waals surface area contributed by atoms with Crippen molar-refractivity contribution in [2.75, 3.05) is 0 Å². The Morgan fingerprint density at radius 3 is 2.75 bits per heavy atom. The highest BCUT2D eigenvalue weighted by Crippen LogP contribution is 2.19. The van der Waals surface area contributed by atoms with Crippen LogP contribution in [0, 0.1) is 12.8 Å². The molecule has 0 aliphatic carbocycles. The van der Waals surface area contributed by atoms with Crippen molar-refractivity contribution in [3.63, 3.8) is 0 Å². The molecule has 0 fully saturated rings. The molecular formula is C13H18N2O. The van der Waals surface area contributed by atoms with E-state index in [1.807, 2.05) is 6.07 Å². The van der Waals surface area contributed by atoms with Gasteiger partial charge in [-0.1, -0.05) is 19.9 Å². The van der Waals surface area contributed by atoms with Gasteiger partial charge in [0.1, 0.15) is 12.4 Å². The van der Waals surface area contributed by atoms with Crippen molar-refractivity contribution in [1.29, 1.82) is 0 Å². The van der Waals surface area contributed by atoms with Crippen molar-refractivity contribution in [1.82, 2.24) is 9.55 Å². The number of imidazole rings is 1. The van der Waals surface area contributed by atoms with Crippen LogP contribution in [0.4, 0.5) is 0 Å². The van der Waals surface area contributed by atoms with Gasteiger partial charge in [0, 0.05) is 6.54 Å². The van der Waals surface area contributed by atoms with E-state index < -0.39 is 0 Å². The summed E-state index contributed by atoms with van der Waals surface area (Å²) in [5.41, 5.74) is 3.31. The van der Waals surface area contributed by atoms with Gasteiger partial charge in [-0.2, -0.15) is 0 Å². The Bertz CT molecular complexity index is 500. The van der Waals surface area contributed by atoms with Gasteiger partial charge < -0.3 is 9.67 Å². The molecule has 0 spiro atoms. The van der Waals surface area contributed by atoms with Gasteiger partial charge in [0.15, 0.2) is 0 Å². The second-order valence-electron chi connectivity index (χ2n) is 4.68. The van der Waals surface area contributed by atoms with E-state index in [0.29, 0.717) is 5.92 Å². The van der Waals surface area contributed by atoms with Crippen LogP contribution < -0.4 is 0 Å². The minimum absolute atomic E-state index is 0.000444. The fraction of sp³-hybridized carbons (Fsp3) is 0.462. The molecule has 0 saturated carbocycles. The summed E-state index contributed by atoms with van der Waals surface area (Å²) in [6.07, 6.45) is 0. The number of hydrogen-bond donors (Lipinski definition) is 1. The van der Waals surface area contributed by atoms with E-state index >= 15 is 0 Å². The highest BCUT2D eigenvalue weighted by atomic mass is 16.3. The Morgan fingerprint density at radius 2 is 2.12 bits per heavy atom. The molecule has 2 rings (SSSR count). The summed E-state index contributed by atoms with van der Waals surface area (Å²) in [4.78, 5) is 4.44. The van der Waals surface area contributed by atoms with E-state index in [4.69, 9.17) is 0 Å². The van der Waals surface area contributed by atoms with Crippen molar-refractivity contribution < 1.29 is 5.11 Å². The number of aliphatic hydroxyl groups excluding tert-OH is 1. The maximum absolute atomic E-state index is 9.32. The van der Waals surface area contributed by atoms with Crippen LogP contribution >= 0.6 is 0 Å². The van der Waals surface area contributed by atoms with Gasteiger partial charge in [0.05, 0.1) is 11.0 Å². The molecule has 3 heteroatoms. The first-order chi connectivity index (χ1) is 7.61. The predicted octanol–water partition coefficient (Wildman–Crippen LogP) is 2.49. The first-order valence-electron chi connectivity index (χ1n) is 5.68. The number of hydrogen-bond acceptors (Lipinski definition) is 2. The molecule has 1 aromatic carbocycles. The zero-order valence-corrected chi connectivity index (χ0v) is 10.1. The Hall–Kier alpha value is -1.35. The Balaban J connectivity index is 2.60. The third kappa shape index (κ3) is 1.95. The molecule has 0 unspecified atom stereocenters. The quantitative estimate of drug-likeness (QED) is 0.859. The SMILES string of the molecule is Cc1ccc2nc(CO)n(CC(C)C)c2c1. The molecule has 0 saturated heterocycles. The second-order valence-corrected chi connectivity index (χ2v) is 4.68. The van der Waals surface area contributed by atoms with Crippen molar-refractivity contribution in [2.24, 2.45) is 5.92 Å². The molecule has 0 aliphatic rings. The molecule has 2 aromatic rings. The first kappa shape index (κ1) is 11.1. The summed E-state index contributed by atoms with van der Waals surface area (Å²) in [6, 6.07) is 6.20. The zero-order chi connectivity index (χ0) is 11.7. The smallest absolute Gasteiger partial charge is 0.135 e. The van der Waals surface area contributed by atoms with E-state index in [0.717, 1.165) is 23.4 Å². The first-order valence-corrected chi connectivity index (χ1v) is 5.68. The van der Waals surface area contributed by atoms with Gasteiger partial charge >= 0.3 is 0 Å². The van der Waals surface area contributed by atoms with E-state index in [-0.39, 0.29) is 6.61 Å². The number of benzene rings is 1. The number of aliphatic hydroxyl groups is 1. The molecule has 0 aliphatic heterocycles. The third-order valence-electron chi connectivity index (χ3n) is 2.67. The Morgan fingerprint density at radius 1 is 1.38 bits per heavy atom. The predicted molar refractivity (Wildman–Crippen MR) is 65.2 cm³/mol. The van der Waals surface area contributed by atoms with Crippen LogP contribution in [-0.4, -0.2) is 14.7 Å². The molecule has 16 heavy (non-hydrogen) atoms. The topological polar surface area (TPSA) is 38.1 Å². The maximum Gasteiger partial charge on any atom is 0.135 e. The van der Waals surface area contributed by atoms with Crippen LogP contribution in [0.15, 0.2) is 18.2 Å². The Labute approximate surface area is 95.7 Å². The number of aromatic nitrogens is 2. The molecule has 3 nitrogen and oxygen atoms in total. The fourth-order valence-electron chi connectivity index (χ4n) is 1.97. The lowest BCUT2D eigenvalue weighted by Gasteiger charge is -2.10. The third-order valence-corrected chi connectivity index (χ3v) is 2.67. The minimum atomic E-state index is 0.000444. The highest BCUT2D eigenvalue weighted by molar-refractivity contribution is 5.76. The van der Waals surface area contributed by atoms with Gasteiger partial charge in [-0.05, 0) is 30.5 Å². The molecule has 0 atom stereocenters. The maximum atomic E-state index is 9.32. The lowest BCUT2D eigenvalue weighted by molar-refractivity contribution is 0.263. The van der Waals surface area contributed by atoms with E-state index in [1.165, 1.54) is 5.56 Å². The Kier molecular flexibility index (Phi) is 2.97. The van der Waals surface area contributed by atoms with Crippen molar-refractivity contribution in [2.45, 2.75) is 33.9 Å². The van der Waals surface area contributed by atoms with Crippen molar-refractivity contribution >= 4 is 11.0 Å². The standard InChI is InChI=1S/C13H18N2O/c1-9(2)7-15-12-6-10(3)4-5-11(12)14-13(15)8-16/h4-6,9,16H,7-8H2,1-3H3. The van der Waals surface area contributed by atoms with Crippen LogP contribution in [0.5, 0.6) is 0 Å². The number of aryl methyl sites for hydroxylation is 1. The molecule has 1 aromatic heterocycles. The average Bonchev–Trinajstić information content (AvgIpc) is 2.56. The van der Waals surface area contributed by atoms with Crippen LogP contribution in [-0.2, 0) is 13.2 Å². The van der Waals surface area contributed by atoms with E-state index in [1.54, 1.807) is 0 Å². The van der Waals surface area contributed by atoms with Crippen molar-refractivity contribution in [3.8, 4) is 0 Å². The second kappa shape index (κ2) is 4.26. The summed E-state index contributed by atoms with van der Waals surface area (Å²) in [6.45, 7) is 7.31. The van der Waals surface area contributed by atoms with Crippen molar-refractivity contribution in [3.05, 3.63) is 29.6 Å². The average molecular weight is 218 g/mol. The molecule has 86 valence electrons. The highest BCUT2D eigenvalue weighted by Gasteiger charge is 2.10. The molecule has 1 heterocycles. The number of rotatable bonds is 3. The van der Waals surface area contributed by atoms with E-state index in [9.17, 15) is 5.11 Å². The number of nitrogens with zero attached hydrogens (tertiary/aromatic N) is 2. The summed E-state index contributed by atoms with van der Waals surface area (Å²) < 4.78 is 2.12. The van der Waals surface area contributed by atoms with Crippen LogP contribution in [0.2, 0.25) is 0 Å².